The first-order chi connectivity index (χ1) is 6.25. The van der Waals surface area contributed by atoms with Crippen molar-refractivity contribution in [3.63, 3.8) is 0 Å². The van der Waals surface area contributed by atoms with E-state index < -0.39 is 0 Å². The highest BCUT2D eigenvalue weighted by Crippen LogP contribution is 2.03. The van der Waals surface area contributed by atoms with Gasteiger partial charge in [0.1, 0.15) is 0 Å². The summed E-state index contributed by atoms with van der Waals surface area (Å²) in [7, 11) is 0. The second kappa shape index (κ2) is 3.14. The molecule has 68 valence electrons. The molecule has 0 spiro atoms. The first-order valence-electron chi connectivity index (χ1n) is 4.29. The quantitative estimate of drug-likeness (QED) is 0.729. The zero-order chi connectivity index (χ0) is 9.26. The minimum Gasteiger partial charge on any atom is -0.328 e. The van der Waals surface area contributed by atoms with Gasteiger partial charge < -0.3 is 5.73 Å². The van der Waals surface area contributed by atoms with E-state index in [9.17, 15) is 0 Å². The third kappa shape index (κ3) is 1.67. The molecular weight excluding hydrogens is 164 g/mol. The Bertz CT molecular complexity index is 405. The Kier molecular flexibility index (Phi) is 1.98. The van der Waals surface area contributed by atoms with Crippen LogP contribution in [0.15, 0.2) is 24.7 Å². The van der Waals surface area contributed by atoms with Crippen LogP contribution in [0, 0.1) is 0 Å². The standard InChI is InChI=1S/C9H12N4/c1-7(10)4-8-5-11-9-2-3-12-13(9)6-8/h2-3,5-7H,4,10H2,1H3/t7-/m1/s1. The highest BCUT2D eigenvalue weighted by atomic mass is 15.2. The molecule has 2 rings (SSSR count). The van der Waals surface area contributed by atoms with Gasteiger partial charge in [-0.3, -0.25) is 0 Å². The lowest BCUT2D eigenvalue weighted by Gasteiger charge is -2.04. The van der Waals surface area contributed by atoms with Crippen molar-refractivity contribution in [2.75, 3.05) is 0 Å². The second-order valence-electron chi connectivity index (χ2n) is 3.28. The summed E-state index contributed by atoms with van der Waals surface area (Å²) in [5, 5.41) is 4.10. The topological polar surface area (TPSA) is 56.2 Å². The van der Waals surface area contributed by atoms with E-state index >= 15 is 0 Å². The molecule has 2 aromatic heterocycles. The van der Waals surface area contributed by atoms with Crippen LogP contribution in [0.5, 0.6) is 0 Å². The van der Waals surface area contributed by atoms with Gasteiger partial charge in [-0.05, 0) is 18.9 Å². The second-order valence-corrected chi connectivity index (χ2v) is 3.28. The van der Waals surface area contributed by atoms with Crippen molar-refractivity contribution in [1.29, 1.82) is 0 Å². The highest BCUT2D eigenvalue weighted by Gasteiger charge is 2.00. The maximum Gasteiger partial charge on any atom is 0.154 e. The fourth-order valence-electron chi connectivity index (χ4n) is 1.33. The summed E-state index contributed by atoms with van der Waals surface area (Å²) < 4.78 is 1.76. The van der Waals surface area contributed by atoms with Crippen LogP contribution in [-0.2, 0) is 6.42 Å². The van der Waals surface area contributed by atoms with E-state index in [4.69, 9.17) is 5.73 Å². The lowest BCUT2D eigenvalue weighted by Crippen LogP contribution is -2.18. The SMILES string of the molecule is C[C@@H](N)Cc1cnc2ccnn2c1. The summed E-state index contributed by atoms with van der Waals surface area (Å²) in [6.45, 7) is 1.98. The zero-order valence-electron chi connectivity index (χ0n) is 7.51. The summed E-state index contributed by atoms with van der Waals surface area (Å²) in [5.74, 6) is 0. The predicted octanol–water partition coefficient (Wildman–Crippen LogP) is 0.619. The average Bonchev–Trinajstić information content (AvgIpc) is 2.49. The fourth-order valence-corrected chi connectivity index (χ4v) is 1.33. The molecule has 0 saturated carbocycles. The molecule has 0 aliphatic rings. The smallest absolute Gasteiger partial charge is 0.154 e. The van der Waals surface area contributed by atoms with Crippen molar-refractivity contribution >= 4 is 5.65 Å². The maximum absolute atomic E-state index is 5.69. The molecule has 2 aromatic rings. The van der Waals surface area contributed by atoms with E-state index in [-0.39, 0.29) is 6.04 Å². The molecule has 0 radical (unpaired) electrons. The van der Waals surface area contributed by atoms with E-state index in [1.165, 1.54) is 0 Å². The zero-order valence-corrected chi connectivity index (χ0v) is 7.51. The van der Waals surface area contributed by atoms with Crippen molar-refractivity contribution in [3.8, 4) is 0 Å². The Hall–Kier alpha value is -1.42. The van der Waals surface area contributed by atoms with E-state index in [0.29, 0.717) is 0 Å². The molecule has 4 nitrogen and oxygen atoms in total. The number of hydrogen-bond donors (Lipinski definition) is 1. The molecule has 1 atom stereocenters. The van der Waals surface area contributed by atoms with Gasteiger partial charge in [-0.1, -0.05) is 0 Å². The predicted molar refractivity (Wildman–Crippen MR) is 50.3 cm³/mol. The molecule has 2 heterocycles. The molecule has 13 heavy (non-hydrogen) atoms. The van der Waals surface area contributed by atoms with Gasteiger partial charge in [0.15, 0.2) is 5.65 Å². The van der Waals surface area contributed by atoms with Crippen LogP contribution in [0.3, 0.4) is 0 Å². The van der Waals surface area contributed by atoms with Crippen LogP contribution in [0.2, 0.25) is 0 Å². The molecule has 0 amide bonds. The molecule has 0 aromatic carbocycles. The van der Waals surface area contributed by atoms with E-state index in [1.807, 2.05) is 25.4 Å². The molecule has 0 saturated heterocycles. The number of rotatable bonds is 2. The van der Waals surface area contributed by atoms with Gasteiger partial charge in [0.25, 0.3) is 0 Å². The Morgan fingerprint density at radius 2 is 2.46 bits per heavy atom. The van der Waals surface area contributed by atoms with Gasteiger partial charge in [0.2, 0.25) is 0 Å². The normalized spacial score (nSPS) is 13.4. The van der Waals surface area contributed by atoms with Gasteiger partial charge in [0.05, 0.1) is 6.20 Å². The minimum absolute atomic E-state index is 0.162. The van der Waals surface area contributed by atoms with E-state index in [0.717, 1.165) is 17.6 Å². The van der Waals surface area contributed by atoms with Crippen molar-refractivity contribution in [2.24, 2.45) is 5.73 Å². The lowest BCUT2D eigenvalue weighted by atomic mass is 10.1. The molecule has 0 bridgehead atoms. The first-order valence-corrected chi connectivity index (χ1v) is 4.29. The van der Waals surface area contributed by atoms with Crippen molar-refractivity contribution in [1.82, 2.24) is 14.6 Å². The van der Waals surface area contributed by atoms with Gasteiger partial charge in [-0.15, -0.1) is 0 Å². The third-order valence-electron chi connectivity index (χ3n) is 1.86. The Balaban J connectivity index is 2.37. The van der Waals surface area contributed by atoms with Crippen LogP contribution in [0.4, 0.5) is 0 Å². The highest BCUT2D eigenvalue weighted by molar-refractivity contribution is 5.35. The number of nitrogens with two attached hydrogens (primary N) is 1. The molecule has 0 aliphatic heterocycles. The molecule has 2 N–H and O–H groups in total. The summed E-state index contributed by atoms with van der Waals surface area (Å²) in [6, 6.07) is 2.03. The third-order valence-corrected chi connectivity index (χ3v) is 1.86. The molecular formula is C9H12N4. The number of hydrogen-bond acceptors (Lipinski definition) is 3. The molecule has 4 heteroatoms. The van der Waals surface area contributed by atoms with Gasteiger partial charge in [-0.2, -0.15) is 5.10 Å². The fraction of sp³-hybridized carbons (Fsp3) is 0.333. The lowest BCUT2D eigenvalue weighted by molar-refractivity contribution is 0.728. The van der Waals surface area contributed by atoms with E-state index in [1.54, 1.807) is 10.7 Å². The largest absolute Gasteiger partial charge is 0.328 e. The van der Waals surface area contributed by atoms with Crippen LogP contribution in [0.1, 0.15) is 12.5 Å². The monoisotopic (exact) mass is 176 g/mol. The number of aromatic nitrogens is 3. The Morgan fingerprint density at radius 1 is 1.62 bits per heavy atom. The summed E-state index contributed by atoms with van der Waals surface area (Å²) in [5.41, 5.74) is 7.67. The molecule has 0 fully saturated rings. The Morgan fingerprint density at radius 3 is 3.23 bits per heavy atom. The molecule has 0 unspecified atom stereocenters. The van der Waals surface area contributed by atoms with Crippen LogP contribution >= 0.6 is 0 Å². The van der Waals surface area contributed by atoms with Crippen LogP contribution < -0.4 is 5.73 Å². The van der Waals surface area contributed by atoms with Gasteiger partial charge in [0, 0.05) is 24.5 Å². The summed E-state index contributed by atoms with van der Waals surface area (Å²) in [4.78, 5) is 4.24. The van der Waals surface area contributed by atoms with Crippen molar-refractivity contribution in [3.05, 3.63) is 30.2 Å². The number of fused-ring (bicyclic) bond motifs is 1. The van der Waals surface area contributed by atoms with Crippen molar-refractivity contribution < 1.29 is 0 Å². The van der Waals surface area contributed by atoms with Gasteiger partial charge >= 0.3 is 0 Å². The summed E-state index contributed by atoms with van der Waals surface area (Å²) >= 11 is 0. The van der Waals surface area contributed by atoms with Crippen molar-refractivity contribution in [2.45, 2.75) is 19.4 Å². The Labute approximate surface area is 76.4 Å². The minimum atomic E-state index is 0.162. The van der Waals surface area contributed by atoms with Crippen LogP contribution in [-0.4, -0.2) is 20.6 Å². The summed E-state index contributed by atoms with van der Waals surface area (Å²) in [6.07, 6.45) is 6.38. The van der Waals surface area contributed by atoms with Crippen LogP contribution in [0.25, 0.3) is 5.65 Å². The van der Waals surface area contributed by atoms with E-state index in [2.05, 4.69) is 10.1 Å². The first kappa shape index (κ1) is 8.19. The molecule has 0 aliphatic carbocycles. The van der Waals surface area contributed by atoms with Gasteiger partial charge in [-0.25, -0.2) is 9.50 Å². The average molecular weight is 176 g/mol. The number of nitrogens with zero attached hydrogens (tertiary/aromatic N) is 3. The maximum atomic E-state index is 5.69.